The van der Waals surface area contributed by atoms with E-state index in [1.54, 1.807) is 21.1 Å². The fourth-order valence-corrected chi connectivity index (χ4v) is 2.40. The molecule has 0 aromatic carbocycles. The summed E-state index contributed by atoms with van der Waals surface area (Å²) in [5.41, 5.74) is 0. The molecule has 164 valence electrons. The molecular weight excluding hydrogens is 362 g/mol. The lowest BCUT2D eigenvalue weighted by molar-refractivity contribution is -0.121. The largest absolute Gasteiger partial charge is 0.359 e. The molecule has 6 N–H and O–H groups in total. The van der Waals surface area contributed by atoms with Crippen LogP contribution in [0.1, 0.15) is 19.3 Å². The van der Waals surface area contributed by atoms with Gasteiger partial charge >= 0.3 is 0 Å². The third kappa shape index (κ3) is 16.4. The second-order valence-electron chi connectivity index (χ2n) is 6.36. The van der Waals surface area contributed by atoms with E-state index in [1.807, 2.05) is 0 Å². The third-order valence-electron chi connectivity index (χ3n) is 4.24. The summed E-state index contributed by atoms with van der Waals surface area (Å²) in [7, 11) is 4.91. The maximum Gasteiger partial charge on any atom is 0.221 e. The fourth-order valence-electron chi connectivity index (χ4n) is 2.40. The van der Waals surface area contributed by atoms with Crippen molar-refractivity contribution in [3.8, 4) is 0 Å². The highest BCUT2D eigenvalue weighted by molar-refractivity contribution is 5.76. The molecule has 0 heterocycles. The van der Waals surface area contributed by atoms with Gasteiger partial charge in [-0.3, -0.25) is 14.4 Å². The number of amides is 3. The quantitative estimate of drug-likeness (QED) is 0.140. The Hall–Kier alpha value is -1.75. The zero-order chi connectivity index (χ0) is 21.0. The van der Waals surface area contributed by atoms with Crippen LogP contribution < -0.4 is 31.9 Å². The Kier molecular flexibility index (Phi) is 17.4. The Morgan fingerprint density at radius 3 is 1.39 bits per heavy atom. The average Bonchev–Trinajstić information content (AvgIpc) is 2.71. The summed E-state index contributed by atoms with van der Waals surface area (Å²) in [6.07, 6.45) is 1.41. The molecular formula is C18H39N7O3. The van der Waals surface area contributed by atoms with Crippen LogP contribution in [0.4, 0.5) is 0 Å². The van der Waals surface area contributed by atoms with Crippen molar-refractivity contribution in [2.75, 3.05) is 80.0 Å². The summed E-state index contributed by atoms with van der Waals surface area (Å²) >= 11 is 0. The molecule has 0 aliphatic carbocycles. The van der Waals surface area contributed by atoms with Gasteiger partial charge in [0.15, 0.2) is 0 Å². The second-order valence-corrected chi connectivity index (χ2v) is 6.36. The molecule has 0 spiro atoms. The summed E-state index contributed by atoms with van der Waals surface area (Å²) in [5, 5.41) is 17.7. The lowest BCUT2D eigenvalue weighted by Gasteiger charge is -2.22. The van der Waals surface area contributed by atoms with Gasteiger partial charge in [-0.1, -0.05) is 0 Å². The molecule has 0 saturated heterocycles. The number of hydrogen-bond acceptors (Lipinski definition) is 7. The molecule has 0 bridgehead atoms. The highest BCUT2D eigenvalue weighted by Gasteiger charge is 2.07. The van der Waals surface area contributed by atoms with Gasteiger partial charge in [0.2, 0.25) is 17.7 Å². The van der Waals surface area contributed by atoms with Gasteiger partial charge in [-0.2, -0.15) is 0 Å². The van der Waals surface area contributed by atoms with E-state index in [-0.39, 0.29) is 17.7 Å². The van der Waals surface area contributed by atoms with Crippen LogP contribution in [-0.2, 0) is 14.4 Å². The Labute approximate surface area is 168 Å². The summed E-state index contributed by atoms with van der Waals surface area (Å²) in [6, 6.07) is 0. The van der Waals surface area contributed by atoms with E-state index < -0.39 is 0 Å². The third-order valence-corrected chi connectivity index (χ3v) is 4.24. The number of carbonyl (C=O) groups excluding carboxylic acids is 3. The van der Waals surface area contributed by atoms with Crippen LogP contribution >= 0.6 is 0 Å². The molecule has 0 rings (SSSR count). The molecule has 0 aliphatic rings. The zero-order valence-electron chi connectivity index (χ0n) is 17.7. The molecule has 0 unspecified atom stereocenters. The lowest BCUT2D eigenvalue weighted by Crippen LogP contribution is -2.40. The first-order valence-corrected chi connectivity index (χ1v) is 9.99. The van der Waals surface area contributed by atoms with Gasteiger partial charge in [-0.15, -0.1) is 0 Å². The van der Waals surface area contributed by atoms with Crippen LogP contribution in [0.2, 0.25) is 0 Å². The van der Waals surface area contributed by atoms with Gasteiger partial charge in [0, 0.05) is 99.3 Å². The van der Waals surface area contributed by atoms with E-state index in [9.17, 15) is 14.4 Å². The normalized spacial score (nSPS) is 10.7. The molecule has 0 fully saturated rings. The van der Waals surface area contributed by atoms with Gasteiger partial charge in [-0.05, 0) is 0 Å². The summed E-state index contributed by atoms with van der Waals surface area (Å²) in [6.45, 7) is 6.88. The van der Waals surface area contributed by atoms with Gasteiger partial charge < -0.3 is 36.8 Å². The van der Waals surface area contributed by atoms with Gasteiger partial charge in [-0.25, -0.2) is 0 Å². The number of nitrogens with one attached hydrogen (secondary N) is 6. The van der Waals surface area contributed by atoms with Crippen LogP contribution in [0, 0.1) is 0 Å². The maximum absolute atomic E-state index is 11.5. The molecule has 3 amide bonds. The lowest BCUT2D eigenvalue weighted by atomic mass is 10.3. The van der Waals surface area contributed by atoms with Gasteiger partial charge in [0.25, 0.3) is 0 Å². The molecule has 0 atom stereocenters. The monoisotopic (exact) mass is 401 g/mol. The minimum atomic E-state index is 0.0251. The smallest absolute Gasteiger partial charge is 0.221 e. The molecule has 0 aliphatic heterocycles. The highest BCUT2D eigenvalue weighted by Crippen LogP contribution is 1.91. The Morgan fingerprint density at radius 1 is 0.536 bits per heavy atom. The Balaban J connectivity index is 3.89. The summed E-state index contributed by atoms with van der Waals surface area (Å²) in [4.78, 5) is 36.0. The first-order chi connectivity index (χ1) is 13.5. The van der Waals surface area contributed by atoms with Crippen molar-refractivity contribution >= 4 is 17.7 Å². The molecule has 10 heteroatoms. The Bertz CT molecular complexity index is 435. The zero-order valence-corrected chi connectivity index (χ0v) is 17.7. The molecule has 0 aromatic heterocycles. The molecule has 10 nitrogen and oxygen atoms in total. The van der Waals surface area contributed by atoms with Crippen molar-refractivity contribution < 1.29 is 14.4 Å². The van der Waals surface area contributed by atoms with Crippen LogP contribution in [0.25, 0.3) is 0 Å². The van der Waals surface area contributed by atoms with Crippen molar-refractivity contribution in [3.05, 3.63) is 0 Å². The SMILES string of the molecule is CNC(=O)CCNCCNCCN(CCNCCC(=O)NC)CCC(=O)NC. The minimum Gasteiger partial charge on any atom is -0.359 e. The summed E-state index contributed by atoms with van der Waals surface area (Å²) in [5.74, 6) is 0.0964. The highest BCUT2D eigenvalue weighted by atomic mass is 16.2. The van der Waals surface area contributed by atoms with Gasteiger partial charge in [0.05, 0.1) is 0 Å². The van der Waals surface area contributed by atoms with Gasteiger partial charge in [0.1, 0.15) is 0 Å². The first kappa shape index (κ1) is 26.2. The summed E-state index contributed by atoms with van der Waals surface area (Å²) < 4.78 is 0. The topological polar surface area (TPSA) is 127 Å². The minimum absolute atomic E-state index is 0.0251. The van der Waals surface area contributed by atoms with Crippen LogP contribution in [0.3, 0.4) is 0 Å². The van der Waals surface area contributed by atoms with Crippen molar-refractivity contribution in [2.24, 2.45) is 0 Å². The number of hydrogen-bond donors (Lipinski definition) is 6. The van der Waals surface area contributed by atoms with Crippen molar-refractivity contribution in [1.29, 1.82) is 0 Å². The van der Waals surface area contributed by atoms with E-state index in [4.69, 9.17) is 0 Å². The number of nitrogens with zero attached hydrogens (tertiary/aromatic N) is 1. The van der Waals surface area contributed by atoms with Crippen molar-refractivity contribution in [3.63, 3.8) is 0 Å². The first-order valence-electron chi connectivity index (χ1n) is 9.99. The van der Waals surface area contributed by atoms with Crippen LogP contribution in [-0.4, -0.2) is 103 Å². The number of rotatable bonds is 18. The van der Waals surface area contributed by atoms with E-state index >= 15 is 0 Å². The second kappa shape index (κ2) is 18.6. The molecule has 0 aromatic rings. The standard InChI is InChI=1S/C18H39N7O3/c1-19-16(26)4-7-22-9-10-24-12-15-25(13-6-18(28)21-3)14-11-23-8-5-17(27)20-2/h22-24H,4-15H2,1-3H3,(H,19,26)(H,20,27)(H,21,28). The molecule has 0 saturated carbocycles. The number of carbonyl (C=O) groups is 3. The van der Waals surface area contributed by atoms with E-state index in [2.05, 4.69) is 36.8 Å². The van der Waals surface area contributed by atoms with Crippen molar-refractivity contribution in [1.82, 2.24) is 36.8 Å². The predicted molar refractivity (Wildman–Crippen MR) is 111 cm³/mol. The maximum atomic E-state index is 11.5. The Morgan fingerprint density at radius 2 is 0.929 bits per heavy atom. The van der Waals surface area contributed by atoms with E-state index in [1.165, 1.54) is 0 Å². The fraction of sp³-hybridized carbons (Fsp3) is 0.833. The van der Waals surface area contributed by atoms with Crippen molar-refractivity contribution in [2.45, 2.75) is 19.3 Å². The van der Waals surface area contributed by atoms with Crippen LogP contribution in [0.5, 0.6) is 0 Å². The predicted octanol–water partition coefficient (Wildman–Crippen LogP) is -2.53. The van der Waals surface area contributed by atoms with Crippen LogP contribution in [0.15, 0.2) is 0 Å². The average molecular weight is 402 g/mol. The van der Waals surface area contributed by atoms with E-state index in [0.29, 0.717) is 38.9 Å². The molecule has 0 radical (unpaired) electrons. The van der Waals surface area contributed by atoms with E-state index in [0.717, 1.165) is 39.3 Å². The molecule has 28 heavy (non-hydrogen) atoms.